The number of nitrogens with zero attached hydrogens (tertiary/aromatic N) is 1. The molecule has 0 radical (unpaired) electrons. The van der Waals surface area contributed by atoms with Crippen molar-refractivity contribution in [2.75, 3.05) is 20.7 Å². The zero-order valence-electron chi connectivity index (χ0n) is 13.8. The number of ether oxygens (including phenoxy) is 1. The normalized spacial score (nSPS) is 14.2. The highest BCUT2D eigenvalue weighted by atomic mass is 32.2. The number of rotatable bonds is 8. The van der Waals surface area contributed by atoms with E-state index in [1.807, 2.05) is 0 Å². The molecule has 24 heavy (non-hydrogen) atoms. The van der Waals surface area contributed by atoms with Crippen molar-refractivity contribution in [2.45, 2.75) is 36.6 Å². The summed E-state index contributed by atoms with van der Waals surface area (Å²) >= 11 is 0. The lowest BCUT2D eigenvalue weighted by Gasteiger charge is -2.17. The molecule has 8 heteroatoms. The van der Waals surface area contributed by atoms with E-state index in [0.29, 0.717) is 18.5 Å². The third-order valence-corrected chi connectivity index (χ3v) is 5.26. The van der Waals surface area contributed by atoms with Crippen LogP contribution in [0, 0.1) is 0 Å². The van der Waals surface area contributed by atoms with Crippen LogP contribution < -0.4 is 4.72 Å². The molecule has 1 N–H and O–H groups in total. The van der Waals surface area contributed by atoms with Gasteiger partial charge < -0.3 is 9.64 Å². The summed E-state index contributed by atoms with van der Waals surface area (Å²) in [5, 5.41) is 0. The van der Waals surface area contributed by atoms with Crippen LogP contribution in [0.4, 0.5) is 0 Å². The van der Waals surface area contributed by atoms with Gasteiger partial charge in [-0.25, -0.2) is 13.1 Å². The van der Waals surface area contributed by atoms with Crippen molar-refractivity contribution < 1.29 is 22.7 Å². The largest absolute Gasteiger partial charge is 0.469 e. The minimum atomic E-state index is -3.59. The first-order valence-electron chi connectivity index (χ1n) is 7.78. The van der Waals surface area contributed by atoms with Crippen LogP contribution in [0.15, 0.2) is 29.2 Å². The van der Waals surface area contributed by atoms with Gasteiger partial charge in [0.1, 0.15) is 0 Å². The molecule has 1 aromatic rings. The van der Waals surface area contributed by atoms with Crippen LogP contribution >= 0.6 is 0 Å². The molecule has 2 rings (SSSR count). The van der Waals surface area contributed by atoms with Gasteiger partial charge in [0.15, 0.2) is 0 Å². The van der Waals surface area contributed by atoms with E-state index in [1.165, 1.54) is 24.1 Å². The van der Waals surface area contributed by atoms with Crippen LogP contribution in [0.25, 0.3) is 0 Å². The van der Waals surface area contributed by atoms with Crippen LogP contribution in [0.3, 0.4) is 0 Å². The van der Waals surface area contributed by atoms with Gasteiger partial charge in [-0.2, -0.15) is 0 Å². The van der Waals surface area contributed by atoms with Gasteiger partial charge in [-0.05, 0) is 37.5 Å². The molecule has 0 aromatic heterocycles. The fourth-order valence-corrected chi connectivity index (χ4v) is 3.52. The molecule has 1 aromatic carbocycles. The third kappa shape index (κ3) is 5.04. The number of amides is 1. The second-order valence-electron chi connectivity index (χ2n) is 5.83. The quantitative estimate of drug-likeness (QED) is 0.707. The molecule has 1 saturated carbocycles. The second-order valence-corrected chi connectivity index (χ2v) is 7.54. The van der Waals surface area contributed by atoms with E-state index >= 15 is 0 Å². The number of hydrogen-bond acceptors (Lipinski definition) is 5. The standard InChI is InChI=1S/C16H22N2O5S/c1-18(10-4-7-15(19)23-2)16(20)12-5-3-6-14(11-12)24(21,22)17-13-8-9-13/h3,5-6,11,13,17H,4,7-10H2,1-2H3. The molecule has 0 aliphatic heterocycles. The van der Waals surface area contributed by atoms with E-state index < -0.39 is 10.0 Å². The molecule has 0 atom stereocenters. The van der Waals surface area contributed by atoms with Crippen molar-refractivity contribution in [3.8, 4) is 0 Å². The number of carbonyl (C=O) groups is 2. The van der Waals surface area contributed by atoms with E-state index in [1.54, 1.807) is 19.2 Å². The first-order valence-corrected chi connectivity index (χ1v) is 9.26. The number of carbonyl (C=O) groups excluding carboxylic acids is 2. The van der Waals surface area contributed by atoms with Crippen molar-refractivity contribution in [3.05, 3.63) is 29.8 Å². The number of methoxy groups -OCH3 is 1. The van der Waals surface area contributed by atoms with Gasteiger partial charge in [0, 0.05) is 31.6 Å². The van der Waals surface area contributed by atoms with Crippen molar-refractivity contribution in [1.29, 1.82) is 0 Å². The van der Waals surface area contributed by atoms with Gasteiger partial charge >= 0.3 is 5.97 Å². The summed E-state index contributed by atoms with van der Waals surface area (Å²) < 4.78 is 31.6. The summed E-state index contributed by atoms with van der Waals surface area (Å²) in [6.07, 6.45) is 2.41. The number of sulfonamides is 1. The highest BCUT2D eigenvalue weighted by Crippen LogP contribution is 2.22. The molecule has 0 spiro atoms. The Balaban J connectivity index is 2.01. The number of nitrogens with one attached hydrogen (secondary N) is 1. The molecule has 1 aliphatic rings. The lowest BCUT2D eigenvalue weighted by Crippen LogP contribution is -2.29. The Hall–Kier alpha value is -1.93. The highest BCUT2D eigenvalue weighted by molar-refractivity contribution is 7.89. The Kier molecular flexibility index (Phi) is 5.95. The Bertz CT molecular complexity index is 713. The van der Waals surface area contributed by atoms with Crippen molar-refractivity contribution >= 4 is 21.9 Å². The molecule has 1 fully saturated rings. The SMILES string of the molecule is COC(=O)CCCN(C)C(=O)c1cccc(S(=O)(=O)NC2CC2)c1. The lowest BCUT2D eigenvalue weighted by atomic mass is 10.2. The minimum absolute atomic E-state index is 0.00959. The molecule has 132 valence electrons. The van der Waals surface area contributed by atoms with Crippen molar-refractivity contribution in [2.24, 2.45) is 0 Å². The number of benzene rings is 1. The summed E-state index contributed by atoms with van der Waals surface area (Å²) in [6, 6.07) is 5.99. The van der Waals surface area contributed by atoms with Gasteiger partial charge in [-0.1, -0.05) is 6.07 Å². The molecule has 0 unspecified atom stereocenters. The molecule has 7 nitrogen and oxygen atoms in total. The zero-order chi connectivity index (χ0) is 17.7. The molecule has 1 amide bonds. The van der Waals surface area contributed by atoms with Crippen LogP contribution in [0.5, 0.6) is 0 Å². The fourth-order valence-electron chi connectivity index (χ4n) is 2.17. The van der Waals surface area contributed by atoms with E-state index in [-0.39, 0.29) is 29.2 Å². The van der Waals surface area contributed by atoms with E-state index in [2.05, 4.69) is 9.46 Å². The summed E-state index contributed by atoms with van der Waals surface area (Å²) in [4.78, 5) is 25.0. The lowest BCUT2D eigenvalue weighted by molar-refractivity contribution is -0.140. The maximum atomic E-state index is 12.4. The molecule has 0 saturated heterocycles. The van der Waals surface area contributed by atoms with E-state index in [0.717, 1.165) is 12.8 Å². The molecule has 0 bridgehead atoms. The Morgan fingerprint density at radius 2 is 2.04 bits per heavy atom. The molecule has 1 aliphatic carbocycles. The zero-order valence-corrected chi connectivity index (χ0v) is 14.6. The fraction of sp³-hybridized carbons (Fsp3) is 0.500. The molecular weight excluding hydrogens is 332 g/mol. The van der Waals surface area contributed by atoms with Crippen molar-refractivity contribution in [1.82, 2.24) is 9.62 Å². The average Bonchev–Trinajstić information content (AvgIpc) is 3.37. The van der Waals surface area contributed by atoms with E-state index in [4.69, 9.17) is 0 Å². The van der Waals surface area contributed by atoms with Crippen molar-refractivity contribution in [3.63, 3.8) is 0 Å². The first-order chi connectivity index (χ1) is 11.3. The minimum Gasteiger partial charge on any atom is -0.469 e. The summed E-state index contributed by atoms with van der Waals surface area (Å²) in [6.45, 7) is 0.380. The Morgan fingerprint density at radius 1 is 1.33 bits per heavy atom. The summed E-state index contributed by atoms with van der Waals surface area (Å²) in [5.41, 5.74) is 0.300. The monoisotopic (exact) mass is 354 g/mol. The highest BCUT2D eigenvalue weighted by Gasteiger charge is 2.28. The number of hydrogen-bond donors (Lipinski definition) is 1. The van der Waals surface area contributed by atoms with Crippen LogP contribution in [0.1, 0.15) is 36.0 Å². The topological polar surface area (TPSA) is 92.8 Å². The van der Waals surface area contributed by atoms with Gasteiger partial charge in [0.25, 0.3) is 5.91 Å². The Labute approximate surface area is 142 Å². The van der Waals surface area contributed by atoms with Crippen LogP contribution in [0.2, 0.25) is 0 Å². The molecule has 0 heterocycles. The summed E-state index contributed by atoms with van der Waals surface area (Å²) in [5.74, 6) is -0.613. The van der Waals surface area contributed by atoms with E-state index in [9.17, 15) is 18.0 Å². The smallest absolute Gasteiger partial charge is 0.305 e. The maximum Gasteiger partial charge on any atom is 0.305 e. The van der Waals surface area contributed by atoms with Crippen LogP contribution in [-0.2, 0) is 19.6 Å². The predicted molar refractivity (Wildman–Crippen MR) is 88.0 cm³/mol. The van der Waals surface area contributed by atoms with Crippen LogP contribution in [-0.4, -0.2) is 51.9 Å². The third-order valence-electron chi connectivity index (χ3n) is 3.74. The van der Waals surface area contributed by atoms with Gasteiger partial charge in [-0.3, -0.25) is 9.59 Å². The Morgan fingerprint density at radius 3 is 2.67 bits per heavy atom. The van der Waals surface area contributed by atoms with Gasteiger partial charge in [0.05, 0.1) is 12.0 Å². The number of esters is 1. The predicted octanol–water partition coefficient (Wildman–Crippen LogP) is 1.15. The summed E-state index contributed by atoms with van der Waals surface area (Å²) in [7, 11) is -0.660. The first kappa shape index (κ1) is 18.4. The maximum absolute atomic E-state index is 12.4. The second kappa shape index (κ2) is 7.76. The van der Waals surface area contributed by atoms with Gasteiger partial charge in [-0.15, -0.1) is 0 Å². The molecular formula is C16H22N2O5S. The average molecular weight is 354 g/mol. The van der Waals surface area contributed by atoms with Gasteiger partial charge in [0.2, 0.25) is 10.0 Å².